The van der Waals surface area contributed by atoms with Crippen molar-refractivity contribution < 1.29 is 37.9 Å². The van der Waals surface area contributed by atoms with Gasteiger partial charge in [-0.25, -0.2) is 4.57 Å². The van der Waals surface area contributed by atoms with Crippen molar-refractivity contribution in [1.29, 1.82) is 0 Å². The highest BCUT2D eigenvalue weighted by Crippen LogP contribution is 2.36. The van der Waals surface area contributed by atoms with Crippen LogP contribution in [0.25, 0.3) is 0 Å². The predicted molar refractivity (Wildman–Crippen MR) is 170 cm³/mol. The molecule has 0 rings (SSSR count). The third-order valence-electron chi connectivity index (χ3n) is 7.27. The lowest BCUT2D eigenvalue weighted by Crippen LogP contribution is -2.29. The quantitative estimate of drug-likeness (QED) is 0.0341. The normalized spacial score (nSPS) is 12.6. The summed E-state index contributed by atoms with van der Waals surface area (Å²) in [4.78, 5) is 42.4. The van der Waals surface area contributed by atoms with Crippen LogP contribution in [0.5, 0.6) is 0 Å². The summed E-state index contributed by atoms with van der Waals surface area (Å²) in [5, 5.41) is 0. The maximum atomic E-state index is 12.3. The van der Waals surface area contributed by atoms with E-state index in [0.717, 1.165) is 57.8 Å². The predicted octanol–water partition coefficient (Wildman–Crippen LogP) is 9.51. The molecule has 42 heavy (non-hydrogen) atoms. The van der Waals surface area contributed by atoms with Crippen LogP contribution in [0.3, 0.4) is 0 Å². The molecule has 0 heterocycles. The molecular weight excluding hydrogens is 555 g/mol. The van der Waals surface area contributed by atoms with Gasteiger partial charge in [0.15, 0.2) is 6.10 Å². The van der Waals surface area contributed by atoms with Gasteiger partial charge in [0.05, 0.1) is 6.61 Å². The molecule has 0 aliphatic rings. The molecule has 0 amide bonds. The fourth-order valence-corrected chi connectivity index (χ4v) is 5.09. The van der Waals surface area contributed by atoms with Crippen LogP contribution in [0.2, 0.25) is 0 Å². The Morgan fingerprint density at radius 2 is 1.05 bits per heavy atom. The molecule has 0 saturated carbocycles. The summed E-state index contributed by atoms with van der Waals surface area (Å²) in [5.74, 6) is -0.893. The number of phosphoric ester groups is 1. The Hall–Kier alpha value is -1.21. The van der Waals surface area contributed by atoms with Crippen molar-refractivity contribution in [1.82, 2.24) is 0 Å². The van der Waals surface area contributed by atoms with Gasteiger partial charge < -0.3 is 19.3 Å². The molecule has 8 nitrogen and oxygen atoms in total. The second-order valence-electron chi connectivity index (χ2n) is 11.5. The lowest BCUT2D eigenvalue weighted by atomic mass is 10.0. The van der Waals surface area contributed by atoms with Crippen molar-refractivity contribution >= 4 is 19.8 Å². The molecule has 0 aliphatic heterocycles. The van der Waals surface area contributed by atoms with Gasteiger partial charge in [0.2, 0.25) is 0 Å². The molecule has 0 aliphatic carbocycles. The van der Waals surface area contributed by atoms with E-state index in [0.29, 0.717) is 6.42 Å². The van der Waals surface area contributed by atoms with E-state index in [1.165, 1.54) is 77.0 Å². The maximum absolute atomic E-state index is 12.3. The molecule has 9 heteroatoms. The Morgan fingerprint density at radius 3 is 1.55 bits per heavy atom. The minimum atomic E-state index is -4.74. The zero-order valence-electron chi connectivity index (χ0n) is 26.9. The van der Waals surface area contributed by atoms with E-state index in [-0.39, 0.29) is 19.4 Å². The molecule has 0 aromatic rings. The van der Waals surface area contributed by atoms with Crippen molar-refractivity contribution in [2.75, 3.05) is 13.2 Å². The Morgan fingerprint density at radius 1 is 0.595 bits per heavy atom. The third-order valence-corrected chi connectivity index (χ3v) is 7.75. The van der Waals surface area contributed by atoms with Crippen molar-refractivity contribution in [3.05, 3.63) is 12.2 Å². The van der Waals surface area contributed by atoms with Crippen LogP contribution in [0.15, 0.2) is 12.2 Å². The van der Waals surface area contributed by atoms with Crippen molar-refractivity contribution in [3.63, 3.8) is 0 Å². The van der Waals surface area contributed by atoms with E-state index < -0.39 is 32.5 Å². The third kappa shape index (κ3) is 31.7. The number of carbonyl (C=O) groups is 2. The number of carbonyl (C=O) groups excluding carboxylic acids is 2. The summed E-state index contributed by atoms with van der Waals surface area (Å²) in [5.41, 5.74) is 0. The molecule has 2 N–H and O–H groups in total. The summed E-state index contributed by atoms with van der Waals surface area (Å²) in [7, 11) is -4.74. The van der Waals surface area contributed by atoms with E-state index in [2.05, 4.69) is 30.5 Å². The molecular formula is C33H63O8P. The number of hydrogen-bond acceptors (Lipinski definition) is 6. The number of unbranched alkanes of at least 4 members (excludes halogenated alkanes) is 19. The lowest BCUT2D eigenvalue weighted by Gasteiger charge is -2.18. The van der Waals surface area contributed by atoms with Crippen LogP contribution in [-0.4, -0.2) is 41.0 Å². The monoisotopic (exact) mass is 618 g/mol. The summed E-state index contributed by atoms with van der Waals surface area (Å²) in [6, 6.07) is 0. The minimum Gasteiger partial charge on any atom is -0.462 e. The summed E-state index contributed by atoms with van der Waals surface area (Å²) < 4.78 is 26.2. The van der Waals surface area contributed by atoms with Crippen molar-refractivity contribution in [2.45, 2.75) is 174 Å². The number of rotatable bonds is 31. The number of esters is 2. The number of hydrogen-bond donors (Lipinski definition) is 2. The molecule has 1 unspecified atom stereocenters. The molecule has 248 valence electrons. The van der Waals surface area contributed by atoms with E-state index in [4.69, 9.17) is 19.3 Å². The Labute approximate surface area is 257 Å². The summed E-state index contributed by atoms with van der Waals surface area (Å²) in [6.45, 7) is 3.59. The highest BCUT2D eigenvalue weighted by molar-refractivity contribution is 7.46. The largest absolute Gasteiger partial charge is 0.469 e. The lowest BCUT2D eigenvalue weighted by molar-refractivity contribution is -0.161. The molecule has 0 saturated heterocycles. The van der Waals surface area contributed by atoms with Crippen LogP contribution in [0, 0.1) is 0 Å². The fourth-order valence-electron chi connectivity index (χ4n) is 4.73. The first-order valence-electron chi connectivity index (χ1n) is 17.0. The van der Waals surface area contributed by atoms with E-state index >= 15 is 0 Å². The highest BCUT2D eigenvalue weighted by Gasteiger charge is 2.22. The van der Waals surface area contributed by atoms with Gasteiger partial charge in [-0.05, 0) is 32.1 Å². The van der Waals surface area contributed by atoms with Crippen molar-refractivity contribution in [2.24, 2.45) is 0 Å². The van der Waals surface area contributed by atoms with Gasteiger partial charge in [-0.3, -0.25) is 14.1 Å². The highest BCUT2D eigenvalue weighted by atomic mass is 31.2. The smallest absolute Gasteiger partial charge is 0.462 e. The van der Waals surface area contributed by atoms with Crippen LogP contribution in [0.4, 0.5) is 0 Å². The topological polar surface area (TPSA) is 119 Å². The Balaban J connectivity index is 3.97. The van der Waals surface area contributed by atoms with Gasteiger partial charge in [0, 0.05) is 12.8 Å². The zero-order valence-corrected chi connectivity index (χ0v) is 27.8. The molecule has 0 bridgehead atoms. The maximum Gasteiger partial charge on any atom is 0.469 e. The fraction of sp³-hybridized carbons (Fsp3) is 0.879. The average Bonchev–Trinajstić information content (AvgIpc) is 2.95. The van der Waals surface area contributed by atoms with Crippen LogP contribution in [0.1, 0.15) is 168 Å². The Bertz CT molecular complexity index is 706. The first-order chi connectivity index (χ1) is 20.3. The van der Waals surface area contributed by atoms with Gasteiger partial charge >= 0.3 is 19.8 Å². The van der Waals surface area contributed by atoms with Gasteiger partial charge in [0.1, 0.15) is 6.61 Å². The molecule has 0 fully saturated rings. The zero-order chi connectivity index (χ0) is 31.2. The van der Waals surface area contributed by atoms with E-state index in [9.17, 15) is 14.2 Å². The standard InChI is InChI=1S/C33H63O8P/c1-3-5-7-9-11-13-15-16-17-18-20-21-23-25-27-32(34)39-29-31(30-40-42(36,37)38)41-33(35)28-26-24-22-19-14-12-10-8-6-4-2/h8,10,31H,3-7,9,11-30H2,1-2H3,(H2,36,37,38)/b10-8-. The van der Waals surface area contributed by atoms with Crippen LogP contribution < -0.4 is 0 Å². The first-order valence-corrected chi connectivity index (χ1v) is 18.5. The molecule has 0 aromatic heterocycles. The summed E-state index contributed by atoms with van der Waals surface area (Å²) in [6.07, 6.45) is 29.4. The molecule has 1 atom stereocenters. The van der Waals surface area contributed by atoms with E-state index in [1.807, 2.05) is 0 Å². The van der Waals surface area contributed by atoms with Crippen molar-refractivity contribution in [3.8, 4) is 0 Å². The molecule has 0 aromatic carbocycles. The van der Waals surface area contributed by atoms with E-state index in [1.54, 1.807) is 0 Å². The second kappa shape index (κ2) is 29.8. The number of ether oxygens (including phenoxy) is 2. The Kier molecular flexibility index (Phi) is 29.0. The minimum absolute atomic E-state index is 0.204. The SMILES string of the molecule is CCC/C=C\CCCCCCCC(=O)OC(COC(=O)CCCCCCCCCCCCCCCC)COP(=O)(O)O. The molecule has 0 spiro atoms. The van der Waals surface area contributed by atoms with Gasteiger partial charge in [-0.1, -0.05) is 135 Å². The van der Waals surface area contributed by atoms with Crippen LogP contribution >= 0.6 is 7.82 Å². The second-order valence-corrected chi connectivity index (χ2v) is 12.7. The van der Waals surface area contributed by atoms with Gasteiger partial charge in [-0.2, -0.15) is 0 Å². The molecule has 0 radical (unpaired) electrons. The van der Waals surface area contributed by atoms with Gasteiger partial charge in [-0.15, -0.1) is 0 Å². The summed E-state index contributed by atoms with van der Waals surface area (Å²) >= 11 is 0. The number of allylic oxidation sites excluding steroid dienone is 2. The van der Waals surface area contributed by atoms with Crippen LogP contribution in [-0.2, 0) is 28.2 Å². The first kappa shape index (κ1) is 40.8. The average molecular weight is 619 g/mol. The number of phosphoric acid groups is 1. The van der Waals surface area contributed by atoms with Gasteiger partial charge in [0.25, 0.3) is 0 Å².